The quantitative estimate of drug-likeness (QED) is 0.697. The Labute approximate surface area is 95.8 Å². The van der Waals surface area contributed by atoms with Gasteiger partial charge in [-0.3, -0.25) is 4.79 Å². The lowest BCUT2D eigenvalue weighted by Crippen LogP contribution is -2.38. The second-order valence-electron chi connectivity index (χ2n) is 4.42. The van der Waals surface area contributed by atoms with Crippen molar-refractivity contribution < 1.29 is 14.7 Å². The molecule has 0 aromatic carbocycles. The minimum Gasteiger partial charge on any atom is -0.481 e. The van der Waals surface area contributed by atoms with Crippen LogP contribution in [0.15, 0.2) is 0 Å². The maximum atomic E-state index is 11.6. The second kappa shape index (κ2) is 6.35. The third-order valence-electron chi connectivity index (χ3n) is 2.80. The standard InChI is InChI=1S/C11H20N2O3/c1-9-5-7-13(8-9)11(16)12-6-3-2-4-10(14)15/h9H,2-8H2,1H3,(H,12,16)(H,14,15). The molecule has 0 aliphatic carbocycles. The van der Waals surface area contributed by atoms with E-state index in [1.807, 2.05) is 4.90 Å². The van der Waals surface area contributed by atoms with Crippen LogP contribution in [0.2, 0.25) is 0 Å². The summed E-state index contributed by atoms with van der Waals surface area (Å²) in [5, 5.41) is 11.2. The van der Waals surface area contributed by atoms with Gasteiger partial charge in [0, 0.05) is 26.1 Å². The van der Waals surface area contributed by atoms with Gasteiger partial charge in [0.1, 0.15) is 0 Å². The molecule has 1 unspecified atom stereocenters. The topological polar surface area (TPSA) is 69.6 Å². The highest BCUT2D eigenvalue weighted by atomic mass is 16.4. The first-order valence-electron chi connectivity index (χ1n) is 5.84. The number of nitrogens with zero attached hydrogens (tertiary/aromatic N) is 1. The molecule has 5 nitrogen and oxygen atoms in total. The molecule has 92 valence electrons. The number of hydrogen-bond donors (Lipinski definition) is 2. The van der Waals surface area contributed by atoms with Crippen LogP contribution in [0, 0.1) is 5.92 Å². The lowest BCUT2D eigenvalue weighted by Gasteiger charge is -2.16. The van der Waals surface area contributed by atoms with Gasteiger partial charge >= 0.3 is 12.0 Å². The Kier molecular flexibility index (Phi) is 5.08. The van der Waals surface area contributed by atoms with E-state index in [4.69, 9.17) is 5.11 Å². The summed E-state index contributed by atoms with van der Waals surface area (Å²) in [6.07, 6.45) is 2.59. The van der Waals surface area contributed by atoms with Crippen molar-refractivity contribution in [1.82, 2.24) is 10.2 Å². The molecule has 1 fully saturated rings. The van der Waals surface area contributed by atoms with E-state index in [0.29, 0.717) is 18.9 Å². The van der Waals surface area contributed by atoms with E-state index >= 15 is 0 Å². The fourth-order valence-corrected chi connectivity index (χ4v) is 1.83. The molecule has 0 aromatic heterocycles. The van der Waals surface area contributed by atoms with E-state index in [2.05, 4.69) is 12.2 Å². The van der Waals surface area contributed by atoms with Crippen molar-refractivity contribution in [3.05, 3.63) is 0 Å². The molecule has 1 aliphatic heterocycles. The smallest absolute Gasteiger partial charge is 0.317 e. The number of carboxylic acids is 1. The van der Waals surface area contributed by atoms with Gasteiger partial charge in [-0.1, -0.05) is 6.92 Å². The van der Waals surface area contributed by atoms with Gasteiger partial charge in [-0.05, 0) is 25.2 Å². The van der Waals surface area contributed by atoms with Crippen LogP contribution in [0.3, 0.4) is 0 Å². The molecule has 0 saturated carbocycles. The van der Waals surface area contributed by atoms with Gasteiger partial charge in [-0.25, -0.2) is 4.79 Å². The van der Waals surface area contributed by atoms with Crippen LogP contribution in [0.5, 0.6) is 0 Å². The minimum absolute atomic E-state index is 0.0142. The number of carboxylic acid groups (broad SMARTS) is 1. The summed E-state index contributed by atoms with van der Waals surface area (Å²) in [5.41, 5.74) is 0. The Hall–Kier alpha value is -1.26. The molecule has 0 spiro atoms. The van der Waals surface area contributed by atoms with Crippen LogP contribution in [-0.4, -0.2) is 41.6 Å². The van der Waals surface area contributed by atoms with Crippen LogP contribution in [-0.2, 0) is 4.79 Å². The third kappa shape index (κ3) is 4.51. The van der Waals surface area contributed by atoms with Gasteiger partial charge in [0.25, 0.3) is 0 Å². The minimum atomic E-state index is -0.778. The molecule has 1 aliphatic rings. The Morgan fingerprint density at radius 1 is 1.44 bits per heavy atom. The van der Waals surface area contributed by atoms with Gasteiger partial charge in [0.05, 0.1) is 0 Å². The monoisotopic (exact) mass is 228 g/mol. The van der Waals surface area contributed by atoms with E-state index in [1.54, 1.807) is 0 Å². The van der Waals surface area contributed by atoms with Crippen LogP contribution in [0.4, 0.5) is 4.79 Å². The van der Waals surface area contributed by atoms with Gasteiger partial charge < -0.3 is 15.3 Å². The first-order valence-corrected chi connectivity index (χ1v) is 5.84. The Morgan fingerprint density at radius 3 is 2.75 bits per heavy atom. The van der Waals surface area contributed by atoms with Crippen LogP contribution in [0.1, 0.15) is 32.6 Å². The summed E-state index contributed by atoms with van der Waals surface area (Å²) in [6, 6.07) is -0.0142. The Bertz CT molecular complexity index is 256. The van der Waals surface area contributed by atoms with E-state index in [9.17, 15) is 9.59 Å². The average Bonchev–Trinajstić information content (AvgIpc) is 2.63. The van der Waals surface area contributed by atoms with Crippen molar-refractivity contribution in [2.24, 2.45) is 5.92 Å². The molecular formula is C11H20N2O3. The lowest BCUT2D eigenvalue weighted by atomic mass is 10.2. The van der Waals surface area contributed by atoms with E-state index in [0.717, 1.165) is 25.9 Å². The number of carbonyl (C=O) groups excluding carboxylic acids is 1. The van der Waals surface area contributed by atoms with Gasteiger partial charge in [-0.2, -0.15) is 0 Å². The first kappa shape index (κ1) is 12.8. The van der Waals surface area contributed by atoms with Crippen LogP contribution >= 0.6 is 0 Å². The number of aliphatic carboxylic acids is 1. The molecule has 1 rings (SSSR count). The predicted octanol–water partition coefficient (Wildman–Crippen LogP) is 1.29. The van der Waals surface area contributed by atoms with Crippen molar-refractivity contribution in [2.45, 2.75) is 32.6 Å². The van der Waals surface area contributed by atoms with Gasteiger partial charge in [-0.15, -0.1) is 0 Å². The van der Waals surface area contributed by atoms with Crippen molar-refractivity contribution in [3.63, 3.8) is 0 Å². The van der Waals surface area contributed by atoms with Crippen molar-refractivity contribution in [2.75, 3.05) is 19.6 Å². The molecule has 1 saturated heterocycles. The predicted molar refractivity (Wildman–Crippen MR) is 60.2 cm³/mol. The highest BCUT2D eigenvalue weighted by Gasteiger charge is 2.22. The number of unbranched alkanes of at least 4 members (excludes halogenated alkanes) is 1. The third-order valence-corrected chi connectivity index (χ3v) is 2.80. The van der Waals surface area contributed by atoms with Crippen LogP contribution in [0.25, 0.3) is 0 Å². The molecule has 1 atom stereocenters. The molecule has 16 heavy (non-hydrogen) atoms. The number of urea groups is 1. The molecule has 1 heterocycles. The highest BCUT2D eigenvalue weighted by molar-refractivity contribution is 5.74. The Balaban J connectivity index is 2.04. The fraction of sp³-hybridized carbons (Fsp3) is 0.818. The van der Waals surface area contributed by atoms with Gasteiger partial charge in [0.15, 0.2) is 0 Å². The first-order chi connectivity index (χ1) is 7.59. The van der Waals surface area contributed by atoms with Crippen molar-refractivity contribution in [1.29, 1.82) is 0 Å². The number of rotatable bonds is 5. The molecular weight excluding hydrogens is 208 g/mol. The summed E-state index contributed by atoms with van der Waals surface area (Å²) in [5.74, 6) is -0.183. The summed E-state index contributed by atoms with van der Waals surface area (Å²) < 4.78 is 0. The largest absolute Gasteiger partial charge is 0.481 e. The van der Waals surface area contributed by atoms with E-state index < -0.39 is 5.97 Å². The fourth-order valence-electron chi connectivity index (χ4n) is 1.83. The molecule has 2 amide bonds. The zero-order valence-electron chi connectivity index (χ0n) is 9.74. The van der Waals surface area contributed by atoms with E-state index in [1.165, 1.54) is 0 Å². The number of carbonyl (C=O) groups is 2. The number of amides is 2. The lowest BCUT2D eigenvalue weighted by molar-refractivity contribution is -0.137. The second-order valence-corrected chi connectivity index (χ2v) is 4.42. The zero-order valence-corrected chi connectivity index (χ0v) is 9.74. The summed E-state index contributed by atoms with van der Waals surface area (Å²) >= 11 is 0. The number of nitrogens with one attached hydrogen (secondary N) is 1. The molecule has 5 heteroatoms. The molecule has 0 aromatic rings. The zero-order chi connectivity index (χ0) is 12.0. The maximum absolute atomic E-state index is 11.6. The summed E-state index contributed by atoms with van der Waals surface area (Å²) in [4.78, 5) is 23.7. The maximum Gasteiger partial charge on any atom is 0.317 e. The average molecular weight is 228 g/mol. The SMILES string of the molecule is CC1CCN(C(=O)NCCCCC(=O)O)C1. The van der Waals surface area contributed by atoms with Crippen LogP contribution < -0.4 is 5.32 Å². The van der Waals surface area contributed by atoms with Gasteiger partial charge in [0.2, 0.25) is 0 Å². The normalized spacial score (nSPS) is 19.8. The number of likely N-dealkylation sites (tertiary alicyclic amines) is 1. The summed E-state index contributed by atoms with van der Waals surface area (Å²) in [7, 11) is 0. The highest BCUT2D eigenvalue weighted by Crippen LogP contribution is 2.14. The van der Waals surface area contributed by atoms with E-state index in [-0.39, 0.29) is 12.5 Å². The van der Waals surface area contributed by atoms with Crippen molar-refractivity contribution in [3.8, 4) is 0 Å². The summed E-state index contributed by atoms with van der Waals surface area (Å²) in [6.45, 7) is 4.38. The Morgan fingerprint density at radius 2 is 2.19 bits per heavy atom. The molecule has 0 bridgehead atoms. The van der Waals surface area contributed by atoms with Crippen molar-refractivity contribution >= 4 is 12.0 Å². The molecule has 2 N–H and O–H groups in total. The number of hydrogen-bond acceptors (Lipinski definition) is 2. The molecule has 0 radical (unpaired) electrons.